The highest BCUT2D eigenvalue weighted by molar-refractivity contribution is 7.09. The number of benzene rings is 2. The van der Waals surface area contributed by atoms with E-state index in [0.717, 1.165) is 16.0 Å². The lowest BCUT2D eigenvalue weighted by atomic mass is 9.94. The van der Waals surface area contributed by atoms with E-state index in [1.807, 2.05) is 60.7 Å². The molecule has 0 saturated carbocycles. The molecule has 3 atom stereocenters. The maximum atomic E-state index is 12.7. The number of alkyl carbamates (subject to hydrolysis) is 1. The first kappa shape index (κ1) is 28.1. The highest BCUT2D eigenvalue weighted by Gasteiger charge is 2.29. The first-order chi connectivity index (χ1) is 17.7. The maximum Gasteiger partial charge on any atom is 0.508 e. The van der Waals surface area contributed by atoms with Crippen LogP contribution in [0.25, 0.3) is 0 Å². The van der Waals surface area contributed by atoms with E-state index in [4.69, 9.17) is 19.9 Å². The van der Waals surface area contributed by atoms with Crippen LogP contribution in [0, 0.1) is 0 Å². The summed E-state index contributed by atoms with van der Waals surface area (Å²) >= 11 is 1.39. The molecule has 3 aromatic rings. The second-order valence-electron chi connectivity index (χ2n) is 9.78. The number of aromatic nitrogens is 1. The Labute approximate surface area is 222 Å². The standard InChI is InChI=1S/C28H35N3O5S/c1-28(2,3)36-26(32)31-22(14-20-10-6-4-7-11-20)16-25(24(29)15-21-12-8-5-9-13-21)35-27(33)34-18-23-17-30-19-37-23/h4-13,17,19,22,24-25H,14-16,18,29H2,1-3H3,(H,31,32)/t22-,24-,25-/m0/s1. The smallest absolute Gasteiger partial charge is 0.444 e. The Bertz CT molecular complexity index is 1090. The van der Waals surface area contributed by atoms with Crippen molar-refractivity contribution in [1.29, 1.82) is 0 Å². The molecule has 0 saturated heterocycles. The van der Waals surface area contributed by atoms with Crippen molar-refractivity contribution in [1.82, 2.24) is 10.3 Å². The largest absolute Gasteiger partial charge is 0.508 e. The number of hydrogen-bond acceptors (Lipinski definition) is 8. The third kappa shape index (κ3) is 10.6. The van der Waals surface area contributed by atoms with Crippen molar-refractivity contribution in [2.45, 2.75) is 70.4 Å². The van der Waals surface area contributed by atoms with E-state index in [-0.39, 0.29) is 13.0 Å². The molecule has 0 aliphatic heterocycles. The summed E-state index contributed by atoms with van der Waals surface area (Å²) in [5.41, 5.74) is 9.63. The Balaban J connectivity index is 1.75. The van der Waals surface area contributed by atoms with Crippen molar-refractivity contribution in [3.05, 3.63) is 88.4 Å². The average molecular weight is 526 g/mol. The molecule has 0 aliphatic rings. The summed E-state index contributed by atoms with van der Waals surface area (Å²) in [6, 6.07) is 18.6. The minimum absolute atomic E-state index is 0.0632. The number of rotatable bonds is 11. The molecule has 37 heavy (non-hydrogen) atoms. The van der Waals surface area contributed by atoms with Crippen LogP contribution >= 0.6 is 11.3 Å². The molecular formula is C28H35N3O5S. The van der Waals surface area contributed by atoms with Crippen molar-refractivity contribution in [3.63, 3.8) is 0 Å². The number of hydrogen-bond donors (Lipinski definition) is 2. The number of nitrogens with two attached hydrogens (primary N) is 1. The van der Waals surface area contributed by atoms with Crippen molar-refractivity contribution in [3.8, 4) is 0 Å². The van der Waals surface area contributed by atoms with Crippen LogP contribution in [0.4, 0.5) is 9.59 Å². The molecular weight excluding hydrogens is 490 g/mol. The molecule has 0 aliphatic carbocycles. The summed E-state index contributed by atoms with van der Waals surface area (Å²) in [7, 11) is 0. The van der Waals surface area contributed by atoms with Crippen molar-refractivity contribution >= 4 is 23.6 Å². The minimum Gasteiger partial charge on any atom is -0.444 e. The SMILES string of the molecule is CC(C)(C)OC(=O)N[C@@H](Cc1ccccc1)C[C@H](OC(=O)OCc1cncs1)[C@@H](N)Cc1ccccc1. The van der Waals surface area contributed by atoms with Gasteiger partial charge in [-0.2, -0.15) is 0 Å². The Morgan fingerprint density at radius 3 is 2.19 bits per heavy atom. The molecule has 0 spiro atoms. The van der Waals surface area contributed by atoms with E-state index < -0.39 is 36.0 Å². The summed E-state index contributed by atoms with van der Waals surface area (Å²) in [5, 5.41) is 2.94. The van der Waals surface area contributed by atoms with E-state index in [0.29, 0.717) is 12.8 Å². The molecule has 198 valence electrons. The summed E-state index contributed by atoms with van der Waals surface area (Å²) in [5.74, 6) is 0. The highest BCUT2D eigenvalue weighted by atomic mass is 32.1. The van der Waals surface area contributed by atoms with Crippen LogP contribution in [-0.2, 0) is 33.7 Å². The van der Waals surface area contributed by atoms with Gasteiger partial charge in [0.15, 0.2) is 0 Å². The second kappa shape index (κ2) is 13.8. The van der Waals surface area contributed by atoms with Crippen molar-refractivity contribution in [2.24, 2.45) is 5.73 Å². The highest BCUT2D eigenvalue weighted by Crippen LogP contribution is 2.18. The van der Waals surface area contributed by atoms with Gasteiger partial charge >= 0.3 is 12.2 Å². The lowest BCUT2D eigenvalue weighted by molar-refractivity contribution is 0.00392. The third-order valence-corrected chi connectivity index (χ3v) is 6.17. The van der Waals surface area contributed by atoms with Gasteiger partial charge in [-0.25, -0.2) is 9.59 Å². The van der Waals surface area contributed by atoms with Gasteiger partial charge in [-0.3, -0.25) is 4.98 Å². The normalized spacial score (nSPS) is 13.7. The van der Waals surface area contributed by atoms with Gasteiger partial charge in [-0.05, 0) is 44.7 Å². The van der Waals surface area contributed by atoms with Crippen molar-refractivity contribution in [2.75, 3.05) is 0 Å². The van der Waals surface area contributed by atoms with E-state index in [1.54, 1.807) is 32.5 Å². The molecule has 1 aromatic heterocycles. The molecule has 0 bridgehead atoms. The Morgan fingerprint density at radius 1 is 1.00 bits per heavy atom. The first-order valence-electron chi connectivity index (χ1n) is 12.2. The fourth-order valence-corrected chi connectivity index (χ4v) is 4.28. The first-order valence-corrected chi connectivity index (χ1v) is 13.1. The predicted molar refractivity (Wildman–Crippen MR) is 143 cm³/mol. The zero-order valence-corrected chi connectivity index (χ0v) is 22.3. The summed E-state index contributed by atoms with van der Waals surface area (Å²) in [4.78, 5) is 30.1. The van der Waals surface area contributed by atoms with Crippen LogP contribution in [-0.4, -0.2) is 41.0 Å². The summed E-state index contributed by atoms with van der Waals surface area (Å²) in [6.07, 6.45) is 0.813. The lowest BCUT2D eigenvalue weighted by Gasteiger charge is -2.29. The van der Waals surface area contributed by atoms with Crippen LogP contribution in [0.5, 0.6) is 0 Å². The van der Waals surface area contributed by atoms with Crippen LogP contribution < -0.4 is 11.1 Å². The van der Waals surface area contributed by atoms with Crippen LogP contribution in [0.1, 0.15) is 43.2 Å². The van der Waals surface area contributed by atoms with E-state index >= 15 is 0 Å². The van der Waals surface area contributed by atoms with Gasteiger partial charge in [-0.15, -0.1) is 11.3 Å². The van der Waals surface area contributed by atoms with Crippen LogP contribution in [0.15, 0.2) is 72.4 Å². The average Bonchev–Trinajstić information content (AvgIpc) is 3.36. The Kier molecular flexibility index (Phi) is 10.5. The van der Waals surface area contributed by atoms with Gasteiger partial charge in [0.25, 0.3) is 0 Å². The number of amides is 1. The molecule has 2 aromatic carbocycles. The van der Waals surface area contributed by atoms with E-state index in [9.17, 15) is 9.59 Å². The quantitative estimate of drug-likeness (QED) is 0.328. The number of nitrogens with one attached hydrogen (secondary N) is 1. The molecule has 0 radical (unpaired) electrons. The number of carbonyl (C=O) groups excluding carboxylic acids is 2. The zero-order chi connectivity index (χ0) is 26.7. The number of thiazole rings is 1. The van der Waals surface area contributed by atoms with Gasteiger partial charge in [0, 0.05) is 24.7 Å². The van der Waals surface area contributed by atoms with Gasteiger partial charge in [0.1, 0.15) is 18.3 Å². The van der Waals surface area contributed by atoms with Crippen LogP contribution in [0.2, 0.25) is 0 Å². The molecule has 9 heteroatoms. The Hall–Kier alpha value is -3.43. The second-order valence-corrected chi connectivity index (χ2v) is 10.8. The van der Waals surface area contributed by atoms with Crippen LogP contribution in [0.3, 0.4) is 0 Å². The van der Waals surface area contributed by atoms with Gasteiger partial charge < -0.3 is 25.3 Å². The number of ether oxygens (including phenoxy) is 3. The molecule has 0 fully saturated rings. The molecule has 1 amide bonds. The fourth-order valence-electron chi connectivity index (χ4n) is 3.78. The molecule has 3 N–H and O–H groups in total. The molecule has 0 unspecified atom stereocenters. The molecule has 8 nitrogen and oxygen atoms in total. The van der Waals surface area contributed by atoms with Gasteiger partial charge in [0.2, 0.25) is 0 Å². The number of nitrogens with zero attached hydrogens (tertiary/aromatic N) is 1. The lowest BCUT2D eigenvalue weighted by Crippen LogP contribution is -2.47. The molecule has 3 rings (SSSR count). The topological polar surface area (TPSA) is 113 Å². The van der Waals surface area contributed by atoms with Gasteiger partial charge in [0.05, 0.1) is 10.4 Å². The van der Waals surface area contributed by atoms with E-state index in [2.05, 4.69) is 10.3 Å². The monoisotopic (exact) mass is 525 g/mol. The zero-order valence-electron chi connectivity index (χ0n) is 21.5. The minimum atomic E-state index is -0.822. The summed E-state index contributed by atoms with van der Waals surface area (Å²) < 4.78 is 16.5. The third-order valence-electron chi connectivity index (χ3n) is 5.42. The fraction of sp³-hybridized carbons (Fsp3) is 0.393. The van der Waals surface area contributed by atoms with E-state index in [1.165, 1.54) is 11.3 Å². The molecule has 1 heterocycles. The maximum absolute atomic E-state index is 12.7. The van der Waals surface area contributed by atoms with Gasteiger partial charge in [-0.1, -0.05) is 60.7 Å². The Morgan fingerprint density at radius 2 is 1.62 bits per heavy atom. The van der Waals surface area contributed by atoms with Crippen molar-refractivity contribution < 1.29 is 23.8 Å². The number of carbonyl (C=O) groups is 2. The predicted octanol–water partition coefficient (Wildman–Crippen LogP) is 5.26. The summed E-state index contributed by atoms with van der Waals surface area (Å²) in [6.45, 7) is 5.48.